The molecule has 6 nitrogen and oxygen atoms in total. The van der Waals surface area contributed by atoms with Gasteiger partial charge in [0.2, 0.25) is 6.79 Å². The molecule has 0 bridgehead atoms. The third-order valence-corrected chi connectivity index (χ3v) is 2.74. The van der Waals surface area contributed by atoms with Gasteiger partial charge in [-0.05, 0) is 39.8 Å². The van der Waals surface area contributed by atoms with Crippen molar-refractivity contribution in [3.05, 3.63) is 18.2 Å². The van der Waals surface area contributed by atoms with Crippen LogP contribution in [0.5, 0.6) is 11.5 Å². The van der Waals surface area contributed by atoms with Gasteiger partial charge in [-0.3, -0.25) is 0 Å². The number of benzene rings is 1. The molecule has 1 aromatic rings. The zero-order valence-corrected chi connectivity index (χ0v) is 12.9. The highest BCUT2D eigenvalue weighted by atomic mass is 16.7. The smallest absolute Gasteiger partial charge is 0.407 e. The quantitative estimate of drug-likeness (QED) is 0.893. The summed E-state index contributed by atoms with van der Waals surface area (Å²) in [4.78, 5) is 11.6. The van der Waals surface area contributed by atoms with Crippen LogP contribution in [0.3, 0.4) is 0 Å². The van der Waals surface area contributed by atoms with Crippen LogP contribution in [0.2, 0.25) is 0 Å². The third kappa shape index (κ3) is 4.73. The van der Waals surface area contributed by atoms with Gasteiger partial charge in [0.05, 0.1) is 0 Å². The first-order valence-corrected chi connectivity index (χ1v) is 6.96. The summed E-state index contributed by atoms with van der Waals surface area (Å²) in [6, 6.07) is 5.71. The molecule has 1 heterocycles. The first-order chi connectivity index (χ1) is 9.83. The Morgan fingerprint density at radius 3 is 2.76 bits per heavy atom. The van der Waals surface area contributed by atoms with Gasteiger partial charge >= 0.3 is 6.09 Å². The van der Waals surface area contributed by atoms with Gasteiger partial charge < -0.3 is 24.8 Å². The number of hydrogen-bond donors (Lipinski definition) is 2. The van der Waals surface area contributed by atoms with Gasteiger partial charge in [-0.15, -0.1) is 0 Å². The number of rotatable bonds is 4. The molecule has 6 heteroatoms. The van der Waals surface area contributed by atoms with Crippen molar-refractivity contribution in [1.82, 2.24) is 5.32 Å². The fraction of sp³-hybridized carbons (Fsp3) is 0.533. The summed E-state index contributed by atoms with van der Waals surface area (Å²) < 4.78 is 15.8. The van der Waals surface area contributed by atoms with Gasteiger partial charge in [0.15, 0.2) is 11.5 Å². The van der Waals surface area contributed by atoms with Crippen LogP contribution >= 0.6 is 0 Å². The average molecular weight is 294 g/mol. The van der Waals surface area contributed by atoms with Crippen molar-refractivity contribution in [1.29, 1.82) is 0 Å². The highest BCUT2D eigenvalue weighted by Crippen LogP contribution is 2.34. The fourth-order valence-electron chi connectivity index (χ4n) is 1.87. The largest absolute Gasteiger partial charge is 0.454 e. The summed E-state index contributed by atoms with van der Waals surface area (Å²) in [6.07, 6.45) is -0.415. The van der Waals surface area contributed by atoms with Crippen molar-refractivity contribution >= 4 is 11.8 Å². The minimum Gasteiger partial charge on any atom is -0.454 e. The van der Waals surface area contributed by atoms with Crippen molar-refractivity contribution in [3.8, 4) is 11.5 Å². The highest BCUT2D eigenvalue weighted by Gasteiger charge is 2.17. The molecule has 2 N–H and O–H groups in total. The van der Waals surface area contributed by atoms with Crippen LogP contribution in [0.25, 0.3) is 0 Å². The van der Waals surface area contributed by atoms with Gasteiger partial charge in [-0.25, -0.2) is 4.79 Å². The Labute approximate surface area is 124 Å². The summed E-state index contributed by atoms with van der Waals surface area (Å²) in [5.41, 5.74) is 0.427. The minimum absolute atomic E-state index is 0.0536. The first-order valence-electron chi connectivity index (χ1n) is 6.96. The van der Waals surface area contributed by atoms with Gasteiger partial charge in [-0.1, -0.05) is 0 Å². The molecule has 0 saturated heterocycles. The highest BCUT2D eigenvalue weighted by molar-refractivity contribution is 5.67. The average Bonchev–Trinajstić information content (AvgIpc) is 2.81. The number of fused-ring (bicyclic) bond motifs is 1. The molecule has 0 aliphatic carbocycles. The maximum atomic E-state index is 11.6. The lowest BCUT2D eigenvalue weighted by atomic mass is 10.2. The molecule has 21 heavy (non-hydrogen) atoms. The second kappa shape index (κ2) is 6.11. The molecular formula is C15H22N2O4. The topological polar surface area (TPSA) is 68.8 Å². The van der Waals surface area contributed by atoms with Crippen molar-refractivity contribution in [2.45, 2.75) is 39.3 Å². The van der Waals surface area contributed by atoms with E-state index in [1.54, 1.807) is 0 Å². The fourth-order valence-corrected chi connectivity index (χ4v) is 1.87. The number of hydrogen-bond acceptors (Lipinski definition) is 5. The first kappa shape index (κ1) is 15.3. The molecule has 0 saturated carbocycles. The van der Waals surface area contributed by atoms with Crippen LogP contribution < -0.4 is 20.1 Å². The number of amides is 1. The molecule has 1 aliphatic heterocycles. The second-order valence-corrected chi connectivity index (χ2v) is 6.00. The molecule has 0 fully saturated rings. The molecular weight excluding hydrogens is 272 g/mol. The van der Waals surface area contributed by atoms with Gasteiger partial charge in [0.1, 0.15) is 5.60 Å². The Hall–Kier alpha value is -2.11. The van der Waals surface area contributed by atoms with Crippen LogP contribution in [0.4, 0.5) is 10.5 Å². The number of carbonyl (C=O) groups excluding carboxylic acids is 1. The van der Waals surface area contributed by atoms with Crippen LogP contribution in [-0.2, 0) is 4.74 Å². The third-order valence-electron chi connectivity index (χ3n) is 2.74. The number of nitrogens with one attached hydrogen (secondary N) is 2. The SMILES string of the molecule is CC(CNC(=O)OC(C)(C)C)Nc1ccc2c(c1)OCO2. The van der Waals surface area contributed by atoms with Crippen LogP contribution in [0.15, 0.2) is 18.2 Å². The van der Waals surface area contributed by atoms with Gasteiger partial charge in [0.25, 0.3) is 0 Å². The van der Waals surface area contributed by atoms with E-state index in [0.29, 0.717) is 6.54 Å². The molecule has 116 valence electrons. The molecule has 1 aromatic carbocycles. The summed E-state index contributed by atoms with van der Waals surface area (Å²) in [6.45, 7) is 8.20. The Morgan fingerprint density at radius 1 is 1.33 bits per heavy atom. The maximum absolute atomic E-state index is 11.6. The Bertz CT molecular complexity index is 511. The molecule has 0 aromatic heterocycles. The van der Waals surface area contributed by atoms with E-state index in [1.807, 2.05) is 45.9 Å². The Morgan fingerprint density at radius 2 is 2.05 bits per heavy atom. The molecule has 1 amide bonds. The van der Waals surface area contributed by atoms with Crippen LogP contribution in [0.1, 0.15) is 27.7 Å². The predicted molar refractivity (Wildman–Crippen MR) is 79.9 cm³/mol. The molecule has 1 unspecified atom stereocenters. The lowest BCUT2D eigenvalue weighted by molar-refractivity contribution is 0.0526. The van der Waals surface area contributed by atoms with Crippen LogP contribution in [-0.4, -0.2) is 31.1 Å². The van der Waals surface area contributed by atoms with E-state index in [4.69, 9.17) is 14.2 Å². The van der Waals surface area contributed by atoms with Crippen LogP contribution in [0, 0.1) is 0 Å². The van der Waals surface area contributed by atoms with E-state index in [-0.39, 0.29) is 12.8 Å². The normalized spacial score (nSPS) is 14.5. The van der Waals surface area contributed by atoms with Crippen molar-refractivity contribution in [2.24, 2.45) is 0 Å². The Kier molecular flexibility index (Phi) is 4.45. The van der Waals surface area contributed by atoms with E-state index in [2.05, 4.69) is 10.6 Å². The second-order valence-electron chi connectivity index (χ2n) is 6.00. The molecule has 1 aliphatic rings. The minimum atomic E-state index is -0.488. The number of alkyl carbamates (subject to hydrolysis) is 1. The zero-order valence-electron chi connectivity index (χ0n) is 12.9. The maximum Gasteiger partial charge on any atom is 0.407 e. The van der Waals surface area contributed by atoms with Crippen molar-refractivity contribution in [3.63, 3.8) is 0 Å². The van der Waals surface area contributed by atoms with E-state index in [1.165, 1.54) is 0 Å². The number of carbonyl (C=O) groups is 1. The van der Waals surface area contributed by atoms with E-state index in [9.17, 15) is 4.79 Å². The molecule has 0 spiro atoms. The van der Waals surface area contributed by atoms with E-state index < -0.39 is 11.7 Å². The van der Waals surface area contributed by atoms with Crippen molar-refractivity contribution in [2.75, 3.05) is 18.7 Å². The number of ether oxygens (including phenoxy) is 3. The zero-order chi connectivity index (χ0) is 15.5. The van der Waals surface area contributed by atoms with E-state index in [0.717, 1.165) is 17.2 Å². The summed E-state index contributed by atoms with van der Waals surface area (Å²) >= 11 is 0. The molecule has 0 radical (unpaired) electrons. The lowest BCUT2D eigenvalue weighted by Crippen LogP contribution is -2.38. The Balaban J connectivity index is 1.79. The van der Waals surface area contributed by atoms with Gasteiger partial charge in [0, 0.05) is 24.3 Å². The standard InChI is InChI=1S/C15H22N2O4/c1-10(8-16-14(18)21-15(2,3)4)17-11-5-6-12-13(7-11)20-9-19-12/h5-7,10,17H,8-9H2,1-4H3,(H,16,18). The molecule has 2 rings (SSSR count). The van der Waals surface area contributed by atoms with Crippen molar-refractivity contribution < 1.29 is 19.0 Å². The van der Waals surface area contributed by atoms with Gasteiger partial charge in [-0.2, -0.15) is 0 Å². The summed E-state index contributed by atoms with van der Waals surface area (Å²) in [5.74, 6) is 1.48. The van der Waals surface area contributed by atoms with E-state index >= 15 is 0 Å². The summed E-state index contributed by atoms with van der Waals surface area (Å²) in [5, 5.41) is 6.02. The molecule has 1 atom stereocenters. The summed E-state index contributed by atoms with van der Waals surface area (Å²) in [7, 11) is 0. The predicted octanol–water partition coefficient (Wildman–Crippen LogP) is 2.74. The monoisotopic (exact) mass is 294 g/mol. The number of anilines is 1. The lowest BCUT2D eigenvalue weighted by Gasteiger charge is -2.21.